The lowest BCUT2D eigenvalue weighted by molar-refractivity contribution is -0.585. The van der Waals surface area contributed by atoms with Gasteiger partial charge in [0, 0.05) is 45.3 Å². The van der Waals surface area contributed by atoms with Gasteiger partial charge in [-0.05, 0) is 6.07 Å². The van der Waals surface area contributed by atoms with Gasteiger partial charge in [0.1, 0.15) is 0 Å². The Balaban J connectivity index is 2.63. The van der Waals surface area contributed by atoms with Crippen molar-refractivity contribution in [1.82, 2.24) is 14.8 Å². The van der Waals surface area contributed by atoms with E-state index in [0.29, 0.717) is 10.5 Å². The van der Waals surface area contributed by atoms with Crippen LogP contribution in [0.25, 0.3) is 0 Å². The third-order valence-electron chi connectivity index (χ3n) is 2.40. The highest BCUT2D eigenvalue weighted by molar-refractivity contribution is 5.56. The van der Waals surface area contributed by atoms with E-state index in [0.717, 1.165) is 5.82 Å². The lowest BCUT2D eigenvalue weighted by atomic mass is 10.4. The zero-order valence-electron chi connectivity index (χ0n) is 10.8. The summed E-state index contributed by atoms with van der Waals surface area (Å²) in [5.41, 5.74) is 0.619. The largest absolute Gasteiger partial charge is 0.588 e. The van der Waals surface area contributed by atoms with Crippen molar-refractivity contribution in [1.29, 1.82) is 0 Å². The third kappa shape index (κ3) is 2.03. The van der Waals surface area contributed by atoms with Crippen molar-refractivity contribution in [2.24, 2.45) is 5.22 Å². The molecule has 0 saturated carbocycles. The van der Waals surface area contributed by atoms with Gasteiger partial charge in [0.25, 0.3) is 5.87 Å². The smallest absolute Gasteiger partial charge is 0.421 e. The maximum atomic E-state index is 11.6. The Morgan fingerprint density at radius 1 is 1.28 bits per heavy atom. The fourth-order valence-corrected chi connectivity index (χ4v) is 1.65. The Kier molecular flexibility index (Phi) is 2.99. The van der Waals surface area contributed by atoms with Crippen molar-refractivity contribution < 1.29 is 9.55 Å². The molecular weight excluding hydrogens is 232 g/mol. The number of pyridine rings is 1. The van der Waals surface area contributed by atoms with E-state index in [2.05, 4.69) is 16.1 Å². The normalized spacial score (nSPS) is 12.7. The minimum Gasteiger partial charge on any atom is -0.588 e. The molecule has 0 spiro atoms. The van der Waals surface area contributed by atoms with E-state index in [9.17, 15) is 5.21 Å². The molecule has 1 aromatic heterocycles. The second kappa shape index (κ2) is 4.46. The Morgan fingerprint density at radius 3 is 2.56 bits per heavy atom. The van der Waals surface area contributed by atoms with Gasteiger partial charge in [-0.2, -0.15) is 4.98 Å². The number of rotatable bonds is 2. The topological polar surface area (TPSA) is 60.8 Å². The van der Waals surface area contributed by atoms with E-state index in [1.54, 1.807) is 18.3 Å². The molecule has 0 N–H and O–H groups in total. The second-order valence-electron chi connectivity index (χ2n) is 4.24. The Bertz CT molecular complexity index is 559. The van der Waals surface area contributed by atoms with Gasteiger partial charge >= 0.3 is 16.7 Å². The number of hydrogen-bond acceptors (Lipinski definition) is 5. The number of nitrogens with zero attached hydrogens (tertiary/aromatic N) is 6. The predicted molar refractivity (Wildman–Crippen MR) is 65.8 cm³/mol. The van der Waals surface area contributed by atoms with Gasteiger partial charge in [-0.25, -0.2) is 0 Å². The molecule has 7 nitrogen and oxygen atoms in total. The Morgan fingerprint density at radius 2 is 1.94 bits per heavy atom. The number of fused-ring (bicyclic) bond motifs is 1. The molecule has 2 heterocycles. The van der Waals surface area contributed by atoms with Gasteiger partial charge in [0.05, 0.1) is 4.68 Å². The first-order chi connectivity index (χ1) is 8.50. The first kappa shape index (κ1) is 12.1. The average Bonchev–Trinajstić information content (AvgIpc) is 2.63. The van der Waals surface area contributed by atoms with Crippen LogP contribution in [0.1, 0.15) is 0 Å². The molecule has 1 aliphatic heterocycles. The summed E-state index contributed by atoms with van der Waals surface area (Å²) in [4.78, 5) is 8.26. The van der Waals surface area contributed by atoms with Crippen molar-refractivity contribution in [2.45, 2.75) is 0 Å². The van der Waals surface area contributed by atoms with Gasteiger partial charge in [-0.15, -0.1) is 0 Å². The summed E-state index contributed by atoms with van der Waals surface area (Å²) < 4.78 is 1.41. The minimum atomic E-state index is 0.280. The summed E-state index contributed by atoms with van der Waals surface area (Å²) in [6, 6.07) is 3.53. The first-order valence-corrected chi connectivity index (χ1v) is 5.43. The van der Waals surface area contributed by atoms with Crippen LogP contribution in [0.5, 0.6) is 0 Å². The predicted octanol–water partition coefficient (Wildman–Crippen LogP) is 0.882. The highest BCUT2D eigenvalue weighted by Gasteiger charge is 2.35. The van der Waals surface area contributed by atoms with Crippen molar-refractivity contribution in [2.75, 3.05) is 28.2 Å². The highest BCUT2D eigenvalue weighted by Crippen LogP contribution is 2.29. The Labute approximate surface area is 105 Å². The second-order valence-corrected chi connectivity index (χ2v) is 4.24. The van der Waals surface area contributed by atoms with Crippen LogP contribution in [0.2, 0.25) is 0 Å². The van der Waals surface area contributed by atoms with E-state index < -0.39 is 0 Å². The summed E-state index contributed by atoms with van der Waals surface area (Å²) >= 11 is 0. The quantitative estimate of drug-likeness (QED) is 0.575. The number of aromatic nitrogens is 1. The van der Waals surface area contributed by atoms with E-state index in [1.807, 2.05) is 38.0 Å². The summed E-state index contributed by atoms with van der Waals surface area (Å²) in [5.74, 6) is 4.13. The molecule has 0 amide bonds. The monoisotopic (exact) mass is 247 g/mol. The van der Waals surface area contributed by atoms with Crippen LogP contribution in [0, 0.1) is 5.21 Å². The number of hydrogen-bond donors (Lipinski definition) is 0. The molecule has 18 heavy (non-hydrogen) atoms. The van der Waals surface area contributed by atoms with Crippen molar-refractivity contribution in [3.8, 4) is 0 Å². The van der Waals surface area contributed by atoms with Crippen molar-refractivity contribution in [3.05, 3.63) is 29.4 Å². The SMILES string of the molecule is CN(C)C(=C=[N+]1N=[N+]([O-])c2ncccc21)N(C)C. The zero-order chi connectivity index (χ0) is 13.3. The van der Waals surface area contributed by atoms with Gasteiger partial charge in [0.2, 0.25) is 5.82 Å². The van der Waals surface area contributed by atoms with Crippen LogP contribution in [0.15, 0.2) is 29.4 Å². The van der Waals surface area contributed by atoms with Crippen LogP contribution in [-0.4, -0.2) is 58.4 Å². The molecule has 0 unspecified atom stereocenters. The van der Waals surface area contributed by atoms with Gasteiger partial charge in [-0.3, -0.25) is 0 Å². The fraction of sp³-hybridized carbons (Fsp3) is 0.364. The molecule has 7 heteroatoms. The standard InChI is InChI=1S/C11H15N6O/c1-14(2)10(15(3)4)8-16-9-6-5-7-12-11(9)17(18)13-16/h5-7H,1-4H3/q+1. The average molecular weight is 247 g/mol. The molecule has 0 bridgehead atoms. The third-order valence-corrected chi connectivity index (χ3v) is 2.40. The van der Waals surface area contributed by atoms with Crippen LogP contribution in [-0.2, 0) is 0 Å². The Hall–Kier alpha value is -2.40. The van der Waals surface area contributed by atoms with Crippen LogP contribution < -0.4 is 0 Å². The van der Waals surface area contributed by atoms with Crippen LogP contribution in [0.4, 0.5) is 11.5 Å². The molecule has 0 radical (unpaired) electrons. The summed E-state index contributed by atoms with van der Waals surface area (Å²) in [5, 5.41) is 15.4. The molecule has 2 rings (SSSR count). The summed E-state index contributed by atoms with van der Waals surface area (Å²) in [7, 11) is 7.60. The molecule has 94 valence electrons. The van der Waals surface area contributed by atoms with E-state index >= 15 is 0 Å². The van der Waals surface area contributed by atoms with Crippen LogP contribution >= 0.6 is 0 Å². The van der Waals surface area contributed by atoms with Gasteiger partial charge < -0.3 is 15.0 Å². The maximum Gasteiger partial charge on any atom is 0.421 e. The highest BCUT2D eigenvalue weighted by atomic mass is 16.5. The van der Waals surface area contributed by atoms with E-state index in [4.69, 9.17) is 0 Å². The molecule has 0 aromatic carbocycles. The van der Waals surface area contributed by atoms with Crippen molar-refractivity contribution >= 4 is 17.4 Å². The van der Waals surface area contributed by atoms with E-state index in [1.165, 1.54) is 4.68 Å². The molecule has 0 fully saturated rings. The molecule has 0 saturated heterocycles. The molecule has 0 atom stereocenters. The minimum absolute atomic E-state index is 0.280. The molecule has 1 aromatic rings. The molecular formula is C11H15N6O+. The van der Waals surface area contributed by atoms with Gasteiger partial charge in [0.15, 0.2) is 0 Å². The summed E-state index contributed by atoms with van der Waals surface area (Å²) in [6.07, 6.45) is 1.56. The lowest BCUT2D eigenvalue weighted by Crippen LogP contribution is -2.26. The maximum absolute atomic E-state index is 11.6. The zero-order valence-corrected chi connectivity index (χ0v) is 10.8. The summed E-state index contributed by atoms with van der Waals surface area (Å²) in [6.45, 7) is 0. The van der Waals surface area contributed by atoms with Crippen LogP contribution in [0.3, 0.4) is 0 Å². The molecule has 1 aliphatic rings. The van der Waals surface area contributed by atoms with Gasteiger partial charge in [-0.1, -0.05) is 0 Å². The lowest BCUT2D eigenvalue weighted by Gasteiger charge is -2.19. The van der Waals surface area contributed by atoms with E-state index in [-0.39, 0.29) is 5.82 Å². The molecule has 0 aliphatic carbocycles. The van der Waals surface area contributed by atoms with Crippen molar-refractivity contribution in [3.63, 3.8) is 0 Å². The first-order valence-electron chi connectivity index (χ1n) is 5.43. The fourth-order valence-electron chi connectivity index (χ4n) is 1.65.